The lowest BCUT2D eigenvalue weighted by Crippen LogP contribution is -2.52. The van der Waals surface area contributed by atoms with Gasteiger partial charge in [0.25, 0.3) is 0 Å². The molecule has 2 aromatic carbocycles. The number of hydrogen-bond acceptors (Lipinski definition) is 4. The van der Waals surface area contributed by atoms with Gasteiger partial charge in [-0.1, -0.05) is 60.7 Å². The first kappa shape index (κ1) is 23.6. The van der Waals surface area contributed by atoms with E-state index in [0.717, 1.165) is 21.7 Å². The van der Waals surface area contributed by atoms with Crippen LogP contribution >= 0.6 is 0 Å². The lowest BCUT2D eigenvalue weighted by atomic mass is 10.0. The maximum absolute atomic E-state index is 13.2. The molecule has 2 rings (SSSR count). The van der Waals surface area contributed by atoms with Gasteiger partial charge in [-0.25, -0.2) is 8.42 Å². The minimum absolute atomic E-state index is 0.200. The average molecular weight is 432 g/mol. The van der Waals surface area contributed by atoms with E-state index < -0.39 is 22.0 Å². The molecular weight excluding hydrogens is 402 g/mol. The Kier molecular flexibility index (Phi) is 8.56. The van der Waals surface area contributed by atoms with Crippen molar-refractivity contribution in [2.24, 2.45) is 0 Å². The van der Waals surface area contributed by atoms with Crippen molar-refractivity contribution in [3.63, 3.8) is 0 Å². The van der Waals surface area contributed by atoms with Crippen LogP contribution in [0.4, 0.5) is 0 Å². The minimum Gasteiger partial charge on any atom is -0.355 e. The third-order valence-electron chi connectivity index (χ3n) is 4.74. The molecule has 2 amide bonds. The third-order valence-corrected chi connectivity index (χ3v) is 6.00. The summed E-state index contributed by atoms with van der Waals surface area (Å²) in [7, 11) is -2.18. The van der Waals surface area contributed by atoms with Crippen LogP contribution in [-0.4, -0.2) is 61.9 Å². The van der Waals surface area contributed by atoms with Crippen LogP contribution in [0.2, 0.25) is 0 Å². The first-order valence-electron chi connectivity index (χ1n) is 9.78. The van der Waals surface area contributed by atoms with Gasteiger partial charge in [0.2, 0.25) is 21.8 Å². The Morgan fingerprint density at radius 1 is 0.967 bits per heavy atom. The van der Waals surface area contributed by atoms with E-state index in [1.807, 2.05) is 67.6 Å². The maximum atomic E-state index is 13.2. The number of benzene rings is 2. The number of hydrogen-bond donors (Lipinski definition) is 1. The molecule has 0 aliphatic heterocycles. The predicted octanol–water partition coefficient (Wildman–Crippen LogP) is 1.65. The molecule has 0 fully saturated rings. The lowest BCUT2D eigenvalue weighted by molar-refractivity contribution is -0.141. The van der Waals surface area contributed by atoms with Crippen molar-refractivity contribution in [3.05, 3.63) is 71.8 Å². The molecule has 7 nitrogen and oxygen atoms in total. The third kappa shape index (κ3) is 6.96. The molecule has 0 aliphatic carbocycles. The summed E-state index contributed by atoms with van der Waals surface area (Å²) >= 11 is 0. The van der Waals surface area contributed by atoms with Crippen LogP contribution in [-0.2, 0) is 32.6 Å². The molecule has 0 saturated heterocycles. The van der Waals surface area contributed by atoms with Gasteiger partial charge < -0.3 is 10.2 Å². The summed E-state index contributed by atoms with van der Waals surface area (Å²) in [5.74, 6) is -0.702. The van der Waals surface area contributed by atoms with Crippen LogP contribution in [0.25, 0.3) is 0 Å². The van der Waals surface area contributed by atoms with Gasteiger partial charge in [-0.2, -0.15) is 4.31 Å². The van der Waals surface area contributed by atoms with Crippen LogP contribution < -0.4 is 5.32 Å². The summed E-state index contributed by atoms with van der Waals surface area (Å²) in [6.45, 7) is 2.11. The number of carbonyl (C=O) groups is 2. The highest BCUT2D eigenvalue weighted by Crippen LogP contribution is 2.15. The first-order valence-corrected chi connectivity index (χ1v) is 11.6. The molecular formula is C22H29N3O4S. The molecule has 1 atom stereocenters. The van der Waals surface area contributed by atoms with Crippen molar-refractivity contribution in [2.45, 2.75) is 25.9 Å². The zero-order valence-electron chi connectivity index (χ0n) is 17.6. The van der Waals surface area contributed by atoms with E-state index in [2.05, 4.69) is 5.32 Å². The second-order valence-corrected chi connectivity index (χ2v) is 9.22. The molecule has 162 valence electrons. The molecule has 0 heterocycles. The van der Waals surface area contributed by atoms with E-state index in [4.69, 9.17) is 0 Å². The fourth-order valence-electron chi connectivity index (χ4n) is 3.02. The first-order chi connectivity index (χ1) is 14.2. The summed E-state index contributed by atoms with van der Waals surface area (Å²) < 4.78 is 24.6. The van der Waals surface area contributed by atoms with Gasteiger partial charge in [-0.15, -0.1) is 0 Å². The van der Waals surface area contributed by atoms with Gasteiger partial charge in [0.1, 0.15) is 6.04 Å². The van der Waals surface area contributed by atoms with Crippen molar-refractivity contribution in [1.29, 1.82) is 0 Å². The highest BCUT2D eigenvalue weighted by atomic mass is 32.2. The van der Waals surface area contributed by atoms with E-state index in [1.165, 1.54) is 11.9 Å². The Bertz CT molecular complexity index is 933. The molecule has 2 aromatic rings. The molecule has 0 bridgehead atoms. The minimum atomic E-state index is -3.53. The van der Waals surface area contributed by atoms with Gasteiger partial charge >= 0.3 is 0 Å². The summed E-state index contributed by atoms with van der Waals surface area (Å²) in [5, 5.41) is 2.81. The summed E-state index contributed by atoms with van der Waals surface area (Å²) in [6, 6.07) is 18.0. The van der Waals surface area contributed by atoms with Crippen molar-refractivity contribution < 1.29 is 18.0 Å². The number of sulfonamides is 1. The fraction of sp³-hybridized carbons (Fsp3) is 0.364. The van der Waals surface area contributed by atoms with Crippen LogP contribution in [0.5, 0.6) is 0 Å². The molecule has 0 radical (unpaired) electrons. The monoisotopic (exact) mass is 431 g/mol. The van der Waals surface area contributed by atoms with Gasteiger partial charge in [0, 0.05) is 26.6 Å². The largest absolute Gasteiger partial charge is 0.355 e. The van der Waals surface area contributed by atoms with Crippen molar-refractivity contribution in [2.75, 3.05) is 26.4 Å². The van der Waals surface area contributed by atoms with Crippen molar-refractivity contribution in [1.82, 2.24) is 14.5 Å². The summed E-state index contributed by atoms with van der Waals surface area (Å²) in [6.07, 6.45) is 1.38. The standard InChI is InChI=1S/C22H29N3O4S/c1-4-23-22(27)20(15-18-11-7-5-8-12-18)25(16-19-13-9-6-10-14-19)21(26)17-24(2)30(3,28)29/h5-14,20H,4,15-17H2,1-3H3,(H,23,27)/t20-/m1/s1. The molecule has 0 aromatic heterocycles. The Morgan fingerprint density at radius 3 is 2.00 bits per heavy atom. The summed E-state index contributed by atoms with van der Waals surface area (Å²) in [4.78, 5) is 27.6. The van der Waals surface area contributed by atoms with Crippen molar-refractivity contribution >= 4 is 21.8 Å². The fourth-order valence-corrected chi connectivity index (χ4v) is 3.37. The molecule has 8 heteroatoms. The smallest absolute Gasteiger partial charge is 0.243 e. The van der Waals surface area contributed by atoms with E-state index in [1.54, 1.807) is 0 Å². The summed E-state index contributed by atoms with van der Waals surface area (Å²) in [5.41, 5.74) is 1.77. The Balaban J connectivity index is 2.39. The van der Waals surface area contributed by atoms with Crippen LogP contribution in [0.3, 0.4) is 0 Å². The number of nitrogens with one attached hydrogen (secondary N) is 1. The van der Waals surface area contributed by atoms with Gasteiger partial charge in [0.15, 0.2) is 0 Å². The maximum Gasteiger partial charge on any atom is 0.243 e. The number of nitrogens with zero attached hydrogens (tertiary/aromatic N) is 2. The van der Waals surface area contributed by atoms with Gasteiger partial charge in [-0.3, -0.25) is 9.59 Å². The second kappa shape index (κ2) is 10.9. The van der Waals surface area contributed by atoms with E-state index in [9.17, 15) is 18.0 Å². The Morgan fingerprint density at radius 2 is 1.50 bits per heavy atom. The number of rotatable bonds is 10. The lowest BCUT2D eigenvalue weighted by Gasteiger charge is -2.32. The number of likely N-dealkylation sites (N-methyl/N-ethyl adjacent to an activating group) is 2. The van der Waals surface area contributed by atoms with Crippen molar-refractivity contribution in [3.8, 4) is 0 Å². The number of amides is 2. The molecule has 0 spiro atoms. The number of carbonyl (C=O) groups excluding carboxylic acids is 2. The molecule has 0 aliphatic rings. The van der Waals surface area contributed by atoms with Crippen LogP contribution in [0.15, 0.2) is 60.7 Å². The van der Waals surface area contributed by atoms with E-state index >= 15 is 0 Å². The quantitative estimate of drug-likeness (QED) is 0.620. The van der Waals surface area contributed by atoms with Gasteiger partial charge in [-0.05, 0) is 18.1 Å². The van der Waals surface area contributed by atoms with E-state index in [-0.39, 0.29) is 19.0 Å². The van der Waals surface area contributed by atoms with Crippen LogP contribution in [0.1, 0.15) is 18.1 Å². The molecule has 0 saturated carbocycles. The molecule has 1 N–H and O–H groups in total. The van der Waals surface area contributed by atoms with Crippen LogP contribution in [0, 0.1) is 0 Å². The second-order valence-electron chi connectivity index (χ2n) is 7.13. The highest BCUT2D eigenvalue weighted by Gasteiger charge is 2.31. The van der Waals surface area contributed by atoms with Gasteiger partial charge in [0.05, 0.1) is 12.8 Å². The Labute approximate surface area is 178 Å². The highest BCUT2D eigenvalue weighted by molar-refractivity contribution is 7.88. The zero-order valence-corrected chi connectivity index (χ0v) is 18.4. The normalized spacial score (nSPS) is 12.4. The SMILES string of the molecule is CCNC(=O)[C@@H](Cc1ccccc1)N(Cc1ccccc1)C(=O)CN(C)S(C)(=O)=O. The molecule has 0 unspecified atom stereocenters. The average Bonchev–Trinajstić information content (AvgIpc) is 2.71. The molecule has 30 heavy (non-hydrogen) atoms. The predicted molar refractivity (Wildman–Crippen MR) is 117 cm³/mol. The topological polar surface area (TPSA) is 86.8 Å². The zero-order chi connectivity index (χ0) is 22.1. The van der Waals surface area contributed by atoms with E-state index in [0.29, 0.717) is 13.0 Å². The Hall–Kier alpha value is -2.71.